The van der Waals surface area contributed by atoms with Crippen molar-refractivity contribution in [1.82, 2.24) is 0 Å². The molecule has 20 heavy (non-hydrogen) atoms. The molecule has 5 heteroatoms. The summed E-state index contributed by atoms with van der Waals surface area (Å²) in [6.45, 7) is 2.74. The third kappa shape index (κ3) is 3.10. The maximum absolute atomic E-state index is 10.4. The van der Waals surface area contributed by atoms with Gasteiger partial charge < -0.3 is 19.3 Å². The molecule has 1 saturated heterocycles. The Morgan fingerprint density at radius 3 is 2.70 bits per heavy atom. The third-order valence-corrected chi connectivity index (χ3v) is 4.49. The van der Waals surface area contributed by atoms with E-state index in [0.717, 1.165) is 48.3 Å². The zero-order chi connectivity index (χ0) is 13.9. The maximum atomic E-state index is 10.4. The lowest BCUT2D eigenvalue weighted by Crippen LogP contribution is -2.19. The summed E-state index contributed by atoms with van der Waals surface area (Å²) in [5.74, 6) is 1.98. The quantitative estimate of drug-likeness (QED) is 0.916. The smallest absolute Gasteiger partial charge is 0.175 e. The molecule has 1 atom stereocenters. The zero-order valence-electron chi connectivity index (χ0n) is 11.3. The molecular formula is C15H19BrO4. The van der Waals surface area contributed by atoms with Gasteiger partial charge in [0.1, 0.15) is 13.2 Å². The number of fused-ring (bicyclic) bond motifs is 1. The molecule has 0 aromatic heterocycles. The van der Waals surface area contributed by atoms with Crippen LogP contribution in [0.25, 0.3) is 0 Å². The molecule has 1 aromatic rings. The molecule has 0 aliphatic carbocycles. The Labute approximate surface area is 127 Å². The molecule has 3 rings (SSSR count). The van der Waals surface area contributed by atoms with Crippen LogP contribution in [0.3, 0.4) is 0 Å². The van der Waals surface area contributed by atoms with Gasteiger partial charge in [-0.05, 0) is 58.8 Å². The second kappa shape index (κ2) is 6.33. The van der Waals surface area contributed by atoms with E-state index in [1.807, 2.05) is 12.1 Å². The van der Waals surface area contributed by atoms with E-state index in [0.29, 0.717) is 24.9 Å². The Balaban J connectivity index is 1.73. The largest absolute Gasteiger partial charge is 0.486 e. The average Bonchev–Trinajstić information content (AvgIpc) is 2.48. The minimum Gasteiger partial charge on any atom is -0.486 e. The summed E-state index contributed by atoms with van der Waals surface area (Å²) in [4.78, 5) is 0. The molecule has 1 aromatic carbocycles. The molecule has 0 amide bonds. The highest BCUT2D eigenvalue weighted by atomic mass is 79.9. The Hall–Kier alpha value is -0.780. The number of aliphatic hydroxyl groups excluding tert-OH is 1. The number of benzene rings is 1. The van der Waals surface area contributed by atoms with Crippen molar-refractivity contribution >= 4 is 15.9 Å². The van der Waals surface area contributed by atoms with E-state index in [2.05, 4.69) is 15.9 Å². The van der Waals surface area contributed by atoms with Gasteiger partial charge in [0, 0.05) is 13.2 Å². The van der Waals surface area contributed by atoms with Gasteiger partial charge >= 0.3 is 0 Å². The lowest BCUT2D eigenvalue weighted by molar-refractivity contribution is 0.0434. The fourth-order valence-corrected chi connectivity index (χ4v) is 3.33. The lowest BCUT2D eigenvalue weighted by Gasteiger charge is -2.26. The van der Waals surface area contributed by atoms with Crippen LogP contribution in [0.4, 0.5) is 0 Å². The second-order valence-corrected chi connectivity index (χ2v) is 6.19. The monoisotopic (exact) mass is 342 g/mol. The summed E-state index contributed by atoms with van der Waals surface area (Å²) in [7, 11) is 0. The van der Waals surface area contributed by atoms with Crippen LogP contribution < -0.4 is 9.47 Å². The van der Waals surface area contributed by atoms with Gasteiger partial charge in [-0.1, -0.05) is 0 Å². The van der Waals surface area contributed by atoms with E-state index in [1.54, 1.807) is 0 Å². The van der Waals surface area contributed by atoms with Crippen molar-refractivity contribution in [2.24, 2.45) is 5.92 Å². The fraction of sp³-hybridized carbons (Fsp3) is 0.600. The molecule has 4 nitrogen and oxygen atoms in total. The highest BCUT2D eigenvalue weighted by Gasteiger charge is 2.22. The van der Waals surface area contributed by atoms with Crippen molar-refractivity contribution in [1.29, 1.82) is 0 Å². The molecule has 1 unspecified atom stereocenters. The van der Waals surface area contributed by atoms with Crippen LogP contribution in [0, 0.1) is 5.92 Å². The van der Waals surface area contributed by atoms with E-state index in [4.69, 9.17) is 14.2 Å². The van der Waals surface area contributed by atoms with Gasteiger partial charge in [-0.2, -0.15) is 0 Å². The van der Waals surface area contributed by atoms with E-state index in [-0.39, 0.29) is 0 Å². The highest BCUT2D eigenvalue weighted by Crippen LogP contribution is 2.41. The molecule has 0 spiro atoms. The minimum atomic E-state index is -0.467. The highest BCUT2D eigenvalue weighted by molar-refractivity contribution is 9.10. The zero-order valence-corrected chi connectivity index (χ0v) is 12.9. The molecule has 0 radical (unpaired) electrons. The van der Waals surface area contributed by atoms with E-state index >= 15 is 0 Å². The van der Waals surface area contributed by atoms with Crippen LogP contribution in [0.2, 0.25) is 0 Å². The normalized spacial score (nSPS) is 20.7. The summed E-state index contributed by atoms with van der Waals surface area (Å²) in [5, 5.41) is 10.4. The number of aliphatic hydroxyl groups is 1. The van der Waals surface area contributed by atoms with Crippen molar-refractivity contribution < 1.29 is 19.3 Å². The first-order chi connectivity index (χ1) is 9.74. The van der Waals surface area contributed by atoms with Crippen LogP contribution in [0.5, 0.6) is 11.5 Å². The molecule has 2 aliphatic rings. The van der Waals surface area contributed by atoms with Crippen LogP contribution in [0.1, 0.15) is 30.9 Å². The van der Waals surface area contributed by atoms with Crippen LogP contribution in [-0.2, 0) is 4.74 Å². The lowest BCUT2D eigenvalue weighted by atomic mass is 9.91. The van der Waals surface area contributed by atoms with Gasteiger partial charge in [-0.15, -0.1) is 0 Å². The van der Waals surface area contributed by atoms with Gasteiger partial charge in [0.05, 0.1) is 10.6 Å². The Bertz CT molecular complexity index is 471. The summed E-state index contributed by atoms with van der Waals surface area (Å²) >= 11 is 3.49. The molecule has 1 fully saturated rings. The predicted molar refractivity (Wildman–Crippen MR) is 78.3 cm³/mol. The minimum absolute atomic E-state index is 0.467. The molecule has 1 N–H and O–H groups in total. The average molecular weight is 343 g/mol. The van der Waals surface area contributed by atoms with E-state index in [1.165, 1.54) is 0 Å². The van der Waals surface area contributed by atoms with Gasteiger partial charge in [0.2, 0.25) is 0 Å². The Kier molecular flexibility index (Phi) is 4.48. The standard InChI is InChI=1S/C15H19BrO4/c16-12-8-11(9-14-15(12)20-6-5-19-14)13(17)7-10-1-3-18-4-2-10/h8-10,13,17H,1-7H2. The van der Waals surface area contributed by atoms with Crippen molar-refractivity contribution in [2.45, 2.75) is 25.4 Å². The maximum Gasteiger partial charge on any atom is 0.175 e. The van der Waals surface area contributed by atoms with Gasteiger partial charge in [0.15, 0.2) is 11.5 Å². The molecule has 2 aliphatic heterocycles. The van der Waals surface area contributed by atoms with Gasteiger partial charge in [-0.3, -0.25) is 0 Å². The number of hydrogen-bond acceptors (Lipinski definition) is 4. The van der Waals surface area contributed by atoms with Gasteiger partial charge in [-0.25, -0.2) is 0 Å². The second-order valence-electron chi connectivity index (χ2n) is 5.33. The molecule has 2 heterocycles. The number of ether oxygens (including phenoxy) is 3. The van der Waals surface area contributed by atoms with Crippen molar-refractivity contribution in [2.75, 3.05) is 26.4 Å². The first-order valence-corrected chi connectivity index (χ1v) is 7.88. The van der Waals surface area contributed by atoms with Crippen LogP contribution >= 0.6 is 15.9 Å². The van der Waals surface area contributed by atoms with Crippen LogP contribution in [-0.4, -0.2) is 31.5 Å². The SMILES string of the molecule is OC(CC1CCOCC1)c1cc(Br)c2c(c1)OCCO2. The van der Waals surface area contributed by atoms with Crippen molar-refractivity contribution in [3.05, 3.63) is 22.2 Å². The topological polar surface area (TPSA) is 47.9 Å². The van der Waals surface area contributed by atoms with Crippen molar-refractivity contribution in [3.63, 3.8) is 0 Å². The molecule has 110 valence electrons. The Morgan fingerprint density at radius 1 is 1.15 bits per heavy atom. The first kappa shape index (κ1) is 14.2. The third-order valence-electron chi connectivity index (χ3n) is 3.90. The number of rotatable bonds is 3. The van der Waals surface area contributed by atoms with Gasteiger partial charge in [0.25, 0.3) is 0 Å². The van der Waals surface area contributed by atoms with E-state index in [9.17, 15) is 5.11 Å². The Morgan fingerprint density at radius 2 is 1.90 bits per heavy atom. The fourth-order valence-electron chi connectivity index (χ4n) is 2.76. The van der Waals surface area contributed by atoms with Crippen molar-refractivity contribution in [3.8, 4) is 11.5 Å². The summed E-state index contributed by atoms with van der Waals surface area (Å²) < 4.78 is 17.4. The van der Waals surface area contributed by atoms with Crippen LogP contribution in [0.15, 0.2) is 16.6 Å². The molecule has 0 saturated carbocycles. The summed E-state index contributed by atoms with van der Waals surface area (Å²) in [5.41, 5.74) is 0.882. The van der Waals surface area contributed by atoms with E-state index < -0.39 is 6.10 Å². The first-order valence-electron chi connectivity index (χ1n) is 7.09. The summed E-state index contributed by atoms with van der Waals surface area (Å²) in [6, 6.07) is 3.82. The molecular weight excluding hydrogens is 324 g/mol. The number of halogens is 1. The number of hydrogen-bond donors (Lipinski definition) is 1. The molecule has 0 bridgehead atoms. The predicted octanol–water partition coefficient (Wildman–Crippen LogP) is 3.07. The summed E-state index contributed by atoms with van der Waals surface area (Å²) in [6.07, 6.45) is 2.37.